The number of benzene rings is 2. The van der Waals surface area contributed by atoms with Crippen LogP contribution >= 0.6 is 0 Å². The molecule has 0 bridgehead atoms. The summed E-state index contributed by atoms with van der Waals surface area (Å²) in [6, 6.07) is 15.2. The topological polar surface area (TPSA) is 41.6 Å². The molecule has 2 aromatic rings. The number of rotatable bonds is 8. The van der Waals surface area contributed by atoms with Crippen molar-refractivity contribution in [3.05, 3.63) is 48.0 Å². The summed E-state index contributed by atoms with van der Waals surface area (Å²) in [4.78, 5) is 14.5. The molecule has 1 aliphatic rings. The average molecular weight is 312 g/mol. The van der Waals surface area contributed by atoms with Crippen LogP contribution in [0.4, 0.5) is 0 Å². The number of hydrogen-bond donors (Lipinski definition) is 1. The van der Waals surface area contributed by atoms with E-state index in [4.69, 9.17) is 4.74 Å². The van der Waals surface area contributed by atoms with E-state index in [1.165, 1.54) is 16.3 Å². The first kappa shape index (κ1) is 16.0. The third-order valence-electron chi connectivity index (χ3n) is 4.23. The molecule has 4 heteroatoms. The standard InChI is InChI=1S/C19H24N2O2/c1-23-11-10-20-13-19(22)21(18-8-9-18)14-15-6-7-16-4-2-3-5-17(16)12-15/h2-7,12,18,20H,8-11,13-14H2,1H3. The Hall–Kier alpha value is -1.91. The predicted octanol–water partition coefficient (Wildman–Crippen LogP) is 2.57. The first-order valence-corrected chi connectivity index (χ1v) is 8.25. The third kappa shape index (κ3) is 4.30. The molecular formula is C19H24N2O2. The Morgan fingerprint density at radius 1 is 1.22 bits per heavy atom. The van der Waals surface area contributed by atoms with Crippen molar-refractivity contribution in [2.45, 2.75) is 25.4 Å². The molecule has 0 heterocycles. The molecule has 3 rings (SSSR count). The van der Waals surface area contributed by atoms with Gasteiger partial charge in [-0.15, -0.1) is 0 Å². The molecule has 1 aliphatic carbocycles. The van der Waals surface area contributed by atoms with Crippen LogP contribution in [0.5, 0.6) is 0 Å². The summed E-state index contributed by atoms with van der Waals surface area (Å²) in [6.07, 6.45) is 2.24. The number of ether oxygens (including phenoxy) is 1. The van der Waals surface area contributed by atoms with Crippen LogP contribution in [-0.2, 0) is 16.1 Å². The van der Waals surface area contributed by atoms with Crippen molar-refractivity contribution in [3.8, 4) is 0 Å². The minimum atomic E-state index is 0.178. The van der Waals surface area contributed by atoms with Gasteiger partial charge in [0.05, 0.1) is 13.2 Å². The summed E-state index contributed by atoms with van der Waals surface area (Å²) in [7, 11) is 1.67. The molecule has 122 valence electrons. The maximum Gasteiger partial charge on any atom is 0.237 e. The minimum Gasteiger partial charge on any atom is -0.383 e. The maximum absolute atomic E-state index is 12.5. The van der Waals surface area contributed by atoms with Crippen LogP contribution in [0.2, 0.25) is 0 Å². The van der Waals surface area contributed by atoms with Crippen LogP contribution in [0.1, 0.15) is 18.4 Å². The monoisotopic (exact) mass is 312 g/mol. The molecule has 4 nitrogen and oxygen atoms in total. The molecule has 1 fully saturated rings. The van der Waals surface area contributed by atoms with Gasteiger partial charge in [-0.05, 0) is 35.2 Å². The van der Waals surface area contributed by atoms with Crippen molar-refractivity contribution in [2.75, 3.05) is 26.8 Å². The molecule has 0 aromatic heterocycles. The first-order chi connectivity index (χ1) is 11.3. The molecule has 2 aromatic carbocycles. The second-order valence-corrected chi connectivity index (χ2v) is 6.10. The van der Waals surface area contributed by atoms with Crippen LogP contribution in [0.3, 0.4) is 0 Å². The average Bonchev–Trinajstić information content (AvgIpc) is 3.41. The van der Waals surface area contributed by atoms with Crippen LogP contribution in [-0.4, -0.2) is 43.7 Å². The molecule has 0 radical (unpaired) electrons. The molecule has 1 amide bonds. The van der Waals surface area contributed by atoms with Gasteiger partial charge in [0.2, 0.25) is 5.91 Å². The van der Waals surface area contributed by atoms with Crippen LogP contribution in [0, 0.1) is 0 Å². The largest absolute Gasteiger partial charge is 0.383 e. The number of fused-ring (bicyclic) bond motifs is 1. The minimum absolute atomic E-state index is 0.178. The summed E-state index contributed by atoms with van der Waals surface area (Å²) >= 11 is 0. The molecule has 0 saturated heterocycles. The van der Waals surface area contributed by atoms with Crippen molar-refractivity contribution in [1.29, 1.82) is 0 Å². The van der Waals surface area contributed by atoms with Crippen molar-refractivity contribution in [1.82, 2.24) is 10.2 Å². The summed E-state index contributed by atoms with van der Waals surface area (Å²) in [5.74, 6) is 0.178. The summed E-state index contributed by atoms with van der Waals surface area (Å²) in [5, 5.41) is 5.61. The number of hydrogen-bond acceptors (Lipinski definition) is 3. The Balaban J connectivity index is 1.65. The van der Waals surface area contributed by atoms with Crippen LogP contribution in [0.25, 0.3) is 10.8 Å². The fourth-order valence-electron chi connectivity index (χ4n) is 2.81. The third-order valence-corrected chi connectivity index (χ3v) is 4.23. The Morgan fingerprint density at radius 3 is 2.74 bits per heavy atom. The van der Waals surface area contributed by atoms with Gasteiger partial charge < -0.3 is 15.0 Å². The zero-order valence-corrected chi connectivity index (χ0v) is 13.6. The highest BCUT2D eigenvalue weighted by atomic mass is 16.5. The second kappa shape index (κ2) is 7.57. The molecule has 0 unspecified atom stereocenters. The van der Waals surface area contributed by atoms with Crippen molar-refractivity contribution >= 4 is 16.7 Å². The van der Waals surface area contributed by atoms with E-state index in [1.807, 2.05) is 11.0 Å². The van der Waals surface area contributed by atoms with Gasteiger partial charge in [0.15, 0.2) is 0 Å². The summed E-state index contributed by atoms with van der Waals surface area (Å²) in [5.41, 5.74) is 1.20. The van der Waals surface area contributed by atoms with Gasteiger partial charge in [-0.2, -0.15) is 0 Å². The Morgan fingerprint density at radius 2 is 2.00 bits per heavy atom. The smallest absolute Gasteiger partial charge is 0.237 e. The zero-order chi connectivity index (χ0) is 16.1. The Kier molecular flexibility index (Phi) is 5.26. The van der Waals surface area contributed by atoms with E-state index in [2.05, 4.69) is 41.7 Å². The number of carbonyl (C=O) groups excluding carboxylic acids is 1. The van der Waals surface area contributed by atoms with Crippen LogP contribution in [0.15, 0.2) is 42.5 Å². The highest BCUT2D eigenvalue weighted by molar-refractivity contribution is 5.83. The summed E-state index contributed by atoms with van der Waals surface area (Å²) in [6.45, 7) is 2.41. The van der Waals surface area contributed by atoms with E-state index in [1.54, 1.807) is 7.11 Å². The quantitative estimate of drug-likeness (QED) is 0.762. The maximum atomic E-state index is 12.5. The lowest BCUT2D eigenvalue weighted by atomic mass is 10.1. The van der Waals surface area contributed by atoms with E-state index in [0.717, 1.165) is 12.8 Å². The Bertz CT molecular complexity index is 667. The zero-order valence-electron chi connectivity index (χ0n) is 13.6. The number of nitrogens with one attached hydrogen (secondary N) is 1. The number of carbonyl (C=O) groups is 1. The number of methoxy groups -OCH3 is 1. The fourth-order valence-corrected chi connectivity index (χ4v) is 2.81. The normalized spacial score (nSPS) is 14.1. The van der Waals surface area contributed by atoms with Crippen molar-refractivity contribution in [3.63, 3.8) is 0 Å². The second-order valence-electron chi connectivity index (χ2n) is 6.10. The molecule has 1 saturated carbocycles. The van der Waals surface area contributed by atoms with E-state index in [9.17, 15) is 4.79 Å². The lowest BCUT2D eigenvalue weighted by Gasteiger charge is -2.23. The van der Waals surface area contributed by atoms with Gasteiger partial charge in [0.25, 0.3) is 0 Å². The Labute approximate surface area is 137 Å². The molecular weight excluding hydrogens is 288 g/mol. The van der Waals surface area contributed by atoms with E-state index >= 15 is 0 Å². The highest BCUT2D eigenvalue weighted by Crippen LogP contribution is 2.29. The van der Waals surface area contributed by atoms with Gasteiger partial charge in [-0.25, -0.2) is 0 Å². The van der Waals surface area contributed by atoms with E-state index in [0.29, 0.717) is 32.3 Å². The molecule has 23 heavy (non-hydrogen) atoms. The van der Waals surface area contributed by atoms with Gasteiger partial charge in [0, 0.05) is 26.2 Å². The molecule has 0 atom stereocenters. The fraction of sp³-hybridized carbons (Fsp3) is 0.421. The molecule has 1 N–H and O–H groups in total. The molecule has 0 aliphatic heterocycles. The lowest BCUT2D eigenvalue weighted by molar-refractivity contribution is -0.131. The van der Waals surface area contributed by atoms with Crippen LogP contribution < -0.4 is 5.32 Å². The van der Waals surface area contributed by atoms with E-state index < -0.39 is 0 Å². The van der Waals surface area contributed by atoms with Gasteiger partial charge in [0.1, 0.15) is 0 Å². The van der Waals surface area contributed by atoms with Gasteiger partial charge >= 0.3 is 0 Å². The first-order valence-electron chi connectivity index (χ1n) is 8.25. The SMILES string of the molecule is COCCNCC(=O)N(Cc1ccc2ccccc2c1)C1CC1. The molecule has 0 spiro atoms. The van der Waals surface area contributed by atoms with Crippen molar-refractivity contribution < 1.29 is 9.53 Å². The number of amides is 1. The van der Waals surface area contributed by atoms with Crippen molar-refractivity contribution in [2.24, 2.45) is 0 Å². The lowest BCUT2D eigenvalue weighted by Crippen LogP contribution is -2.40. The predicted molar refractivity (Wildman–Crippen MR) is 92.3 cm³/mol. The van der Waals surface area contributed by atoms with Gasteiger partial charge in [-0.1, -0.05) is 36.4 Å². The number of nitrogens with zero attached hydrogens (tertiary/aromatic N) is 1. The van der Waals surface area contributed by atoms with E-state index in [-0.39, 0.29) is 5.91 Å². The highest BCUT2D eigenvalue weighted by Gasteiger charge is 2.32. The van der Waals surface area contributed by atoms with Gasteiger partial charge in [-0.3, -0.25) is 4.79 Å². The summed E-state index contributed by atoms with van der Waals surface area (Å²) < 4.78 is 4.99.